The first-order valence-electron chi connectivity index (χ1n) is 6.53. The first-order valence-corrected chi connectivity index (χ1v) is 8.33. The van der Waals surface area contributed by atoms with Crippen LogP contribution in [0.3, 0.4) is 0 Å². The average Bonchev–Trinajstić information content (AvgIpc) is 3.24. The smallest absolute Gasteiger partial charge is 0.218 e. The van der Waals surface area contributed by atoms with Gasteiger partial charge in [-0.15, -0.1) is 21.5 Å². The van der Waals surface area contributed by atoms with E-state index in [0.717, 1.165) is 10.5 Å². The van der Waals surface area contributed by atoms with Crippen molar-refractivity contribution >= 4 is 33.3 Å². The molecule has 8 heteroatoms. The molecule has 1 aromatic carbocycles. The molecule has 22 heavy (non-hydrogen) atoms. The number of rotatable bonds is 4. The van der Waals surface area contributed by atoms with E-state index in [4.69, 9.17) is 10.3 Å². The molecule has 0 aliphatic rings. The van der Waals surface area contributed by atoms with Crippen LogP contribution in [0.25, 0.3) is 21.8 Å². The zero-order valence-electron chi connectivity index (χ0n) is 11.3. The van der Waals surface area contributed by atoms with Crippen molar-refractivity contribution in [3.63, 3.8) is 0 Å². The Morgan fingerprint density at radius 1 is 1.18 bits per heavy atom. The first kappa shape index (κ1) is 13.4. The minimum Gasteiger partial charge on any atom is -0.461 e. The van der Waals surface area contributed by atoms with Gasteiger partial charge in [0.15, 0.2) is 5.76 Å². The third-order valence-corrected chi connectivity index (χ3v) is 5.24. The highest BCUT2D eigenvalue weighted by atomic mass is 32.2. The summed E-state index contributed by atoms with van der Waals surface area (Å²) < 4.78 is 7.92. The van der Waals surface area contributed by atoms with Crippen molar-refractivity contribution in [2.24, 2.45) is 0 Å². The second-order valence-electron chi connectivity index (χ2n) is 4.52. The molecule has 4 aromatic rings. The number of hydrogen-bond donors (Lipinski definition) is 1. The molecule has 0 aliphatic heterocycles. The molecule has 2 N–H and O–H groups in total. The lowest BCUT2D eigenvalue weighted by molar-refractivity contribution is 0.574. The molecule has 0 amide bonds. The summed E-state index contributed by atoms with van der Waals surface area (Å²) in [7, 11) is 0. The van der Waals surface area contributed by atoms with Crippen LogP contribution in [0, 0.1) is 0 Å². The molecule has 0 aliphatic carbocycles. The number of para-hydroxylation sites is 1. The Bertz CT molecular complexity index is 880. The fourth-order valence-electron chi connectivity index (χ4n) is 2.06. The summed E-state index contributed by atoms with van der Waals surface area (Å²) in [5, 5.41) is 9.84. The number of thiazole rings is 1. The van der Waals surface area contributed by atoms with Crippen LogP contribution in [-0.2, 0) is 5.75 Å². The van der Waals surface area contributed by atoms with Gasteiger partial charge in [0.25, 0.3) is 0 Å². The quantitative estimate of drug-likeness (QED) is 0.457. The zero-order chi connectivity index (χ0) is 14.9. The van der Waals surface area contributed by atoms with E-state index in [2.05, 4.69) is 21.2 Å². The second-order valence-corrected chi connectivity index (χ2v) is 6.58. The monoisotopic (exact) mass is 329 g/mol. The fourth-order valence-corrected chi connectivity index (χ4v) is 3.87. The van der Waals surface area contributed by atoms with Gasteiger partial charge in [-0.25, -0.2) is 9.66 Å². The topological polar surface area (TPSA) is 82.8 Å². The maximum absolute atomic E-state index is 6.03. The highest BCUT2D eigenvalue weighted by Crippen LogP contribution is 2.28. The highest BCUT2D eigenvalue weighted by Gasteiger charge is 2.15. The number of aromatic nitrogens is 4. The highest BCUT2D eigenvalue weighted by molar-refractivity contribution is 7.98. The van der Waals surface area contributed by atoms with Crippen LogP contribution in [0.15, 0.2) is 52.2 Å². The number of fused-ring (bicyclic) bond motifs is 1. The summed E-state index contributed by atoms with van der Waals surface area (Å²) in [5.74, 6) is 7.84. The molecule has 110 valence electrons. The van der Waals surface area contributed by atoms with Crippen molar-refractivity contribution in [2.45, 2.75) is 10.9 Å². The summed E-state index contributed by atoms with van der Waals surface area (Å²) >= 11 is 3.18. The average molecular weight is 329 g/mol. The van der Waals surface area contributed by atoms with Gasteiger partial charge >= 0.3 is 0 Å². The van der Waals surface area contributed by atoms with Crippen molar-refractivity contribution in [1.82, 2.24) is 19.9 Å². The van der Waals surface area contributed by atoms with Gasteiger partial charge in [-0.2, -0.15) is 0 Å². The van der Waals surface area contributed by atoms with E-state index in [1.54, 1.807) is 29.7 Å². The molecule has 0 unspecified atom stereocenters. The SMILES string of the molecule is Nn1c(SCc2nc3ccccc3s2)nnc1-c1ccco1. The molecular formula is C14H11N5OS2. The van der Waals surface area contributed by atoms with E-state index < -0.39 is 0 Å². The predicted molar refractivity (Wildman–Crippen MR) is 87.1 cm³/mol. The molecule has 0 spiro atoms. The molecule has 3 heterocycles. The Labute approximate surface area is 134 Å². The van der Waals surface area contributed by atoms with Gasteiger partial charge in [-0.05, 0) is 24.3 Å². The second kappa shape index (κ2) is 5.47. The number of nitrogens with two attached hydrogens (primary N) is 1. The van der Waals surface area contributed by atoms with Gasteiger partial charge in [0.1, 0.15) is 5.01 Å². The molecule has 0 bridgehead atoms. The molecule has 0 radical (unpaired) electrons. The van der Waals surface area contributed by atoms with Crippen molar-refractivity contribution in [3.05, 3.63) is 47.7 Å². The van der Waals surface area contributed by atoms with Crippen molar-refractivity contribution < 1.29 is 4.42 Å². The number of nitrogen functional groups attached to an aromatic ring is 1. The van der Waals surface area contributed by atoms with Crippen LogP contribution in [0.5, 0.6) is 0 Å². The van der Waals surface area contributed by atoms with Crippen molar-refractivity contribution in [1.29, 1.82) is 0 Å². The normalized spacial score (nSPS) is 11.3. The van der Waals surface area contributed by atoms with Gasteiger partial charge in [-0.3, -0.25) is 0 Å². The third-order valence-electron chi connectivity index (χ3n) is 3.07. The number of furan rings is 1. The molecule has 3 aromatic heterocycles. The standard InChI is InChI=1S/C14H11N5OS2/c15-19-13(10-5-3-7-20-10)17-18-14(19)21-8-12-16-9-4-1-2-6-11(9)22-12/h1-7H,8,15H2. The van der Waals surface area contributed by atoms with E-state index in [1.165, 1.54) is 21.1 Å². The summed E-state index contributed by atoms with van der Waals surface area (Å²) in [5.41, 5.74) is 1.02. The number of hydrogen-bond acceptors (Lipinski definition) is 7. The first-order chi connectivity index (χ1) is 10.8. The maximum Gasteiger partial charge on any atom is 0.218 e. The largest absolute Gasteiger partial charge is 0.461 e. The van der Waals surface area contributed by atoms with Gasteiger partial charge in [0.2, 0.25) is 11.0 Å². The Hall–Kier alpha value is -2.32. The molecule has 0 saturated heterocycles. The Kier molecular flexibility index (Phi) is 3.32. The van der Waals surface area contributed by atoms with Crippen LogP contribution in [0.2, 0.25) is 0 Å². The van der Waals surface area contributed by atoms with Crippen molar-refractivity contribution in [3.8, 4) is 11.6 Å². The lowest BCUT2D eigenvalue weighted by Gasteiger charge is -2.00. The summed E-state index contributed by atoms with van der Waals surface area (Å²) in [6.07, 6.45) is 1.58. The summed E-state index contributed by atoms with van der Waals surface area (Å²) in [4.78, 5) is 4.60. The van der Waals surface area contributed by atoms with Gasteiger partial charge in [-0.1, -0.05) is 23.9 Å². The Morgan fingerprint density at radius 3 is 2.91 bits per heavy atom. The molecule has 0 fully saturated rings. The van der Waals surface area contributed by atoms with E-state index in [0.29, 0.717) is 22.5 Å². The lowest BCUT2D eigenvalue weighted by atomic mass is 10.3. The fraction of sp³-hybridized carbons (Fsp3) is 0.0714. The van der Waals surface area contributed by atoms with Gasteiger partial charge < -0.3 is 10.3 Å². The van der Waals surface area contributed by atoms with Gasteiger partial charge in [0, 0.05) is 0 Å². The molecule has 4 rings (SSSR count). The van der Waals surface area contributed by atoms with E-state index >= 15 is 0 Å². The summed E-state index contributed by atoms with van der Waals surface area (Å²) in [6, 6.07) is 11.7. The molecule has 6 nitrogen and oxygen atoms in total. The van der Waals surface area contributed by atoms with Crippen LogP contribution < -0.4 is 5.84 Å². The number of thioether (sulfide) groups is 1. The van der Waals surface area contributed by atoms with Crippen LogP contribution in [0.4, 0.5) is 0 Å². The van der Waals surface area contributed by atoms with Crippen LogP contribution >= 0.6 is 23.1 Å². The zero-order valence-corrected chi connectivity index (χ0v) is 13.0. The van der Waals surface area contributed by atoms with Crippen LogP contribution in [0.1, 0.15) is 5.01 Å². The maximum atomic E-state index is 6.03. The van der Waals surface area contributed by atoms with E-state index in [-0.39, 0.29) is 0 Å². The number of nitrogens with zero attached hydrogens (tertiary/aromatic N) is 4. The summed E-state index contributed by atoms with van der Waals surface area (Å²) in [6.45, 7) is 0. The van der Waals surface area contributed by atoms with E-state index in [1.807, 2.05) is 18.2 Å². The van der Waals surface area contributed by atoms with E-state index in [9.17, 15) is 0 Å². The Balaban J connectivity index is 1.54. The molecule has 0 saturated carbocycles. The van der Waals surface area contributed by atoms with Crippen molar-refractivity contribution in [2.75, 3.05) is 5.84 Å². The predicted octanol–water partition coefficient (Wildman–Crippen LogP) is 3.15. The minimum absolute atomic E-state index is 0.511. The molecular weight excluding hydrogens is 318 g/mol. The van der Waals surface area contributed by atoms with Gasteiger partial charge in [0.05, 0.1) is 22.2 Å². The van der Waals surface area contributed by atoms with Crippen LogP contribution in [-0.4, -0.2) is 19.9 Å². The molecule has 0 atom stereocenters. The third kappa shape index (κ3) is 2.36. The minimum atomic E-state index is 0.511. The number of benzene rings is 1. The lowest BCUT2D eigenvalue weighted by Crippen LogP contribution is -2.11. The Morgan fingerprint density at radius 2 is 2.09 bits per heavy atom.